The lowest BCUT2D eigenvalue weighted by Gasteiger charge is -2.42. The molecule has 0 saturated carbocycles. The van der Waals surface area contributed by atoms with E-state index in [-0.39, 0.29) is 12.7 Å². The predicted molar refractivity (Wildman–Crippen MR) is 107 cm³/mol. The highest BCUT2D eigenvalue weighted by atomic mass is 16.6. The standard InChI is InChI=1S/C22H28NO5/c24-19(14-23(10-12-25-13-11-23)18-6-2-1-3-7-18)15-26-16-20-17-27-21-8-4-5-9-22(21)28-20/h1-9,19-20,24H,10-17H2/q+1. The van der Waals surface area contributed by atoms with Gasteiger partial charge in [0.15, 0.2) is 17.6 Å². The minimum absolute atomic E-state index is 0.164. The van der Waals surface area contributed by atoms with Gasteiger partial charge in [-0.2, -0.15) is 0 Å². The largest absolute Gasteiger partial charge is 0.486 e. The van der Waals surface area contributed by atoms with Crippen LogP contribution in [-0.2, 0) is 9.47 Å². The summed E-state index contributed by atoms with van der Waals surface area (Å²) >= 11 is 0. The van der Waals surface area contributed by atoms with Gasteiger partial charge in [-0.25, -0.2) is 0 Å². The van der Waals surface area contributed by atoms with E-state index in [1.54, 1.807) is 0 Å². The predicted octanol–water partition coefficient (Wildman–Crippen LogP) is 2.24. The summed E-state index contributed by atoms with van der Waals surface area (Å²) in [6.45, 7) is 4.85. The Hall–Kier alpha value is -2.12. The van der Waals surface area contributed by atoms with Crippen molar-refractivity contribution in [2.24, 2.45) is 0 Å². The summed E-state index contributed by atoms with van der Waals surface area (Å²) in [7, 11) is 0. The number of nitrogens with zero attached hydrogens (tertiary/aromatic N) is 1. The van der Waals surface area contributed by atoms with Gasteiger partial charge in [0, 0.05) is 0 Å². The zero-order chi connectivity index (χ0) is 19.2. The molecule has 28 heavy (non-hydrogen) atoms. The molecule has 4 rings (SSSR count). The Balaban J connectivity index is 1.29. The molecule has 2 aromatic rings. The van der Waals surface area contributed by atoms with E-state index in [0.29, 0.717) is 33.0 Å². The molecule has 6 nitrogen and oxygen atoms in total. The lowest BCUT2D eigenvalue weighted by atomic mass is 10.1. The quantitative estimate of drug-likeness (QED) is 0.740. The molecular formula is C22H28NO5+. The fourth-order valence-corrected chi connectivity index (χ4v) is 3.92. The summed E-state index contributed by atoms with van der Waals surface area (Å²) in [5, 5.41) is 10.7. The van der Waals surface area contributed by atoms with Crippen LogP contribution in [0.3, 0.4) is 0 Å². The number of aliphatic hydroxyl groups is 1. The molecule has 2 unspecified atom stereocenters. The summed E-state index contributed by atoms with van der Waals surface area (Å²) in [6, 6.07) is 18.0. The second-order valence-corrected chi connectivity index (χ2v) is 7.41. The number of ether oxygens (including phenoxy) is 4. The Morgan fingerprint density at radius 3 is 2.50 bits per heavy atom. The molecule has 0 radical (unpaired) electrons. The number of hydrogen-bond acceptors (Lipinski definition) is 5. The number of para-hydroxylation sites is 3. The first-order valence-electron chi connectivity index (χ1n) is 9.89. The van der Waals surface area contributed by atoms with Crippen LogP contribution >= 0.6 is 0 Å². The summed E-state index contributed by atoms with van der Waals surface area (Å²) in [5.41, 5.74) is 1.21. The molecule has 2 aliphatic rings. The Bertz CT molecular complexity index is 748. The van der Waals surface area contributed by atoms with Crippen LogP contribution in [0.1, 0.15) is 0 Å². The molecule has 150 valence electrons. The number of rotatable bonds is 7. The average Bonchev–Trinajstić information content (AvgIpc) is 2.75. The van der Waals surface area contributed by atoms with Gasteiger partial charge in [0.1, 0.15) is 38.0 Å². The van der Waals surface area contributed by atoms with Crippen LogP contribution in [0.4, 0.5) is 5.69 Å². The van der Waals surface area contributed by atoms with Crippen molar-refractivity contribution in [1.82, 2.24) is 4.48 Å². The van der Waals surface area contributed by atoms with E-state index >= 15 is 0 Å². The minimum Gasteiger partial charge on any atom is -0.486 e. The van der Waals surface area contributed by atoms with Crippen molar-refractivity contribution >= 4 is 5.69 Å². The average molecular weight is 386 g/mol. The molecule has 0 spiro atoms. The van der Waals surface area contributed by atoms with Crippen LogP contribution in [0, 0.1) is 0 Å². The van der Waals surface area contributed by atoms with Crippen LogP contribution in [0.25, 0.3) is 0 Å². The molecular weight excluding hydrogens is 358 g/mol. The van der Waals surface area contributed by atoms with Gasteiger partial charge < -0.3 is 24.1 Å². The van der Waals surface area contributed by atoms with E-state index in [1.807, 2.05) is 42.5 Å². The zero-order valence-corrected chi connectivity index (χ0v) is 16.0. The maximum absolute atomic E-state index is 10.7. The van der Waals surface area contributed by atoms with Crippen molar-refractivity contribution in [3.63, 3.8) is 0 Å². The highest BCUT2D eigenvalue weighted by Crippen LogP contribution is 2.31. The lowest BCUT2D eigenvalue weighted by molar-refractivity contribution is -0.0376. The summed E-state index contributed by atoms with van der Waals surface area (Å²) in [5.74, 6) is 1.50. The molecule has 0 aromatic heterocycles. The van der Waals surface area contributed by atoms with Crippen LogP contribution in [0.5, 0.6) is 11.5 Å². The van der Waals surface area contributed by atoms with Gasteiger partial charge in [-0.05, 0) is 24.3 Å². The number of morpholine rings is 1. The van der Waals surface area contributed by atoms with Crippen LogP contribution in [0.15, 0.2) is 54.6 Å². The number of quaternary nitrogens is 1. The fraction of sp³-hybridized carbons (Fsp3) is 0.455. The molecule has 2 atom stereocenters. The second-order valence-electron chi connectivity index (χ2n) is 7.41. The molecule has 2 heterocycles. The van der Waals surface area contributed by atoms with E-state index in [1.165, 1.54) is 5.69 Å². The van der Waals surface area contributed by atoms with Crippen LogP contribution < -0.4 is 14.0 Å². The second kappa shape index (κ2) is 8.92. The van der Waals surface area contributed by atoms with Gasteiger partial charge in [-0.15, -0.1) is 0 Å². The lowest BCUT2D eigenvalue weighted by Crippen LogP contribution is -2.60. The van der Waals surface area contributed by atoms with Crippen molar-refractivity contribution in [3.05, 3.63) is 54.6 Å². The van der Waals surface area contributed by atoms with E-state index < -0.39 is 6.10 Å². The van der Waals surface area contributed by atoms with Gasteiger partial charge in [-0.3, -0.25) is 4.48 Å². The molecule has 2 aromatic carbocycles. The van der Waals surface area contributed by atoms with E-state index in [4.69, 9.17) is 18.9 Å². The van der Waals surface area contributed by atoms with E-state index in [2.05, 4.69) is 12.1 Å². The Labute approximate surface area is 165 Å². The smallest absolute Gasteiger partial charge is 0.161 e. The first-order chi connectivity index (χ1) is 13.8. The first kappa shape index (κ1) is 19.2. The summed E-state index contributed by atoms with van der Waals surface area (Å²) < 4.78 is 23.7. The van der Waals surface area contributed by atoms with Crippen molar-refractivity contribution in [2.45, 2.75) is 12.2 Å². The molecule has 2 aliphatic heterocycles. The Morgan fingerprint density at radius 2 is 1.71 bits per heavy atom. The third kappa shape index (κ3) is 4.47. The number of benzene rings is 2. The zero-order valence-electron chi connectivity index (χ0n) is 16.0. The van der Waals surface area contributed by atoms with E-state index in [0.717, 1.165) is 29.1 Å². The SMILES string of the molecule is OC(COCC1COc2ccccc2O1)C[N+]1(c2ccccc2)CCOCC1. The van der Waals surface area contributed by atoms with Gasteiger partial charge in [0.25, 0.3) is 0 Å². The maximum atomic E-state index is 10.7. The molecule has 0 aliphatic carbocycles. The maximum Gasteiger partial charge on any atom is 0.161 e. The van der Waals surface area contributed by atoms with Gasteiger partial charge in [-0.1, -0.05) is 30.3 Å². The number of hydrogen-bond donors (Lipinski definition) is 1. The molecule has 1 saturated heterocycles. The topological polar surface area (TPSA) is 57.2 Å². The van der Waals surface area contributed by atoms with Crippen molar-refractivity contribution in [1.29, 1.82) is 0 Å². The first-order valence-corrected chi connectivity index (χ1v) is 9.89. The van der Waals surface area contributed by atoms with Crippen LogP contribution in [0.2, 0.25) is 0 Å². The highest BCUT2D eigenvalue weighted by Gasteiger charge is 2.35. The molecule has 0 amide bonds. The Morgan fingerprint density at radius 1 is 1.00 bits per heavy atom. The monoisotopic (exact) mass is 386 g/mol. The molecule has 0 bridgehead atoms. The highest BCUT2D eigenvalue weighted by molar-refractivity contribution is 5.43. The Kier molecular flexibility index (Phi) is 6.12. The van der Waals surface area contributed by atoms with Gasteiger partial charge in [0.05, 0.1) is 26.4 Å². The third-order valence-electron chi connectivity index (χ3n) is 5.37. The minimum atomic E-state index is -0.560. The van der Waals surface area contributed by atoms with E-state index in [9.17, 15) is 5.11 Å². The molecule has 6 heteroatoms. The van der Waals surface area contributed by atoms with Crippen molar-refractivity contribution < 1.29 is 24.1 Å². The van der Waals surface area contributed by atoms with Crippen LogP contribution in [-0.4, -0.2) is 70.0 Å². The summed E-state index contributed by atoms with van der Waals surface area (Å²) in [6.07, 6.45) is -0.724. The van der Waals surface area contributed by atoms with Gasteiger partial charge >= 0.3 is 0 Å². The van der Waals surface area contributed by atoms with Crippen molar-refractivity contribution in [3.8, 4) is 11.5 Å². The van der Waals surface area contributed by atoms with Crippen molar-refractivity contribution in [2.75, 3.05) is 52.7 Å². The van der Waals surface area contributed by atoms with Gasteiger partial charge in [0.2, 0.25) is 0 Å². The third-order valence-corrected chi connectivity index (χ3v) is 5.37. The summed E-state index contributed by atoms with van der Waals surface area (Å²) in [4.78, 5) is 0. The normalized spacial score (nSPS) is 21.8. The number of fused-ring (bicyclic) bond motifs is 1. The molecule has 1 fully saturated rings. The number of aliphatic hydroxyl groups excluding tert-OH is 1. The fourth-order valence-electron chi connectivity index (χ4n) is 3.92. The molecule has 1 N–H and O–H groups in total.